The molecule has 1 atom stereocenters. The predicted molar refractivity (Wildman–Crippen MR) is 92.6 cm³/mol. The standard InChI is InChI=1S/C17H15Cl2NO4/c1-23-11-4-9-5-12(8-20-17(21)22)24-16(9)14(7-11)13-6-10(18)2-3-15(13)19/h2-4,6-7,12,20H,5,8H2,1H3,(H,21,22). The van der Waals surface area contributed by atoms with Gasteiger partial charge in [0.1, 0.15) is 17.6 Å². The molecule has 1 aliphatic rings. The van der Waals surface area contributed by atoms with Crippen molar-refractivity contribution in [3.05, 3.63) is 45.9 Å². The topological polar surface area (TPSA) is 67.8 Å². The third-order valence-corrected chi connectivity index (χ3v) is 4.37. The highest BCUT2D eigenvalue weighted by Gasteiger charge is 2.28. The van der Waals surface area contributed by atoms with Crippen molar-refractivity contribution in [2.75, 3.05) is 13.7 Å². The van der Waals surface area contributed by atoms with Gasteiger partial charge in [0.25, 0.3) is 0 Å². The van der Waals surface area contributed by atoms with Crippen LogP contribution in [0.15, 0.2) is 30.3 Å². The molecule has 5 nitrogen and oxygen atoms in total. The van der Waals surface area contributed by atoms with Crippen LogP contribution in [0.3, 0.4) is 0 Å². The summed E-state index contributed by atoms with van der Waals surface area (Å²) in [5.41, 5.74) is 2.46. The molecule has 0 spiro atoms. The fourth-order valence-corrected chi connectivity index (χ4v) is 3.13. The monoisotopic (exact) mass is 367 g/mol. The van der Waals surface area contributed by atoms with Crippen LogP contribution in [0.5, 0.6) is 11.5 Å². The molecule has 3 rings (SSSR count). The van der Waals surface area contributed by atoms with E-state index in [1.165, 1.54) is 0 Å². The minimum Gasteiger partial charge on any atom is -0.497 e. The number of hydrogen-bond donors (Lipinski definition) is 2. The van der Waals surface area contributed by atoms with Crippen LogP contribution in [0, 0.1) is 0 Å². The van der Waals surface area contributed by atoms with E-state index in [2.05, 4.69) is 5.32 Å². The van der Waals surface area contributed by atoms with Crippen LogP contribution in [-0.4, -0.2) is 31.0 Å². The van der Waals surface area contributed by atoms with Gasteiger partial charge in [0, 0.05) is 33.2 Å². The molecule has 0 aliphatic carbocycles. The van der Waals surface area contributed by atoms with Crippen molar-refractivity contribution < 1.29 is 19.4 Å². The first kappa shape index (κ1) is 16.7. The van der Waals surface area contributed by atoms with Gasteiger partial charge in [-0.3, -0.25) is 0 Å². The van der Waals surface area contributed by atoms with E-state index >= 15 is 0 Å². The summed E-state index contributed by atoms with van der Waals surface area (Å²) in [6.07, 6.45) is -0.775. The van der Waals surface area contributed by atoms with Gasteiger partial charge >= 0.3 is 6.09 Å². The van der Waals surface area contributed by atoms with E-state index in [0.717, 1.165) is 16.7 Å². The lowest BCUT2D eigenvalue weighted by atomic mass is 10.00. The molecular weight excluding hydrogens is 353 g/mol. The van der Waals surface area contributed by atoms with Crippen LogP contribution in [0.1, 0.15) is 5.56 Å². The molecule has 0 saturated heterocycles. The van der Waals surface area contributed by atoms with Gasteiger partial charge in [-0.15, -0.1) is 0 Å². The second-order valence-corrected chi connectivity index (χ2v) is 6.26. The molecule has 7 heteroatoms. The Hall–Kier alpha value is -2.11. The number of carboxylic acid groups (broad SMARTS) is 1. The number of hydrogen-bond acceptors (Lipinski definition) is 3. The number of benzene rings is 2. The molecule has 1 unspecified atom stereocenters. The predicted octanol–water partition coefficient (Wildman–Crippen LogP) is 4.24. The van der Waals surface area contributed by atoms with E-state index < -0.39 is 6.09 Å². The molecule has 0 radical (unpaired) electrons. The highest BCUT2D eigenvalue weighted by Crippen LogP contribution is 2.44. The largest absolute Gasteiger partial charge is 0.497 e. The van der Waals surface area contributed by atoms with Gasteiger partial charge in [-0.05, 0) is 30.3 Å². The molecule has 1 amide bonds. The molecule has 0 aromatic heterocycles. The Kier molecular flexibility index (Phi) is 4.73. The minimum absolute atomic E-state index is 0.203. The van der Waals surface area contributed by atoms with Crippen LogP contribution < -0.4 is 14.8 Å². The summed E-state index contributed by atoms with van der Waals surface area (Å²) < 4.78 is 11.3. The number of nitrogens with one attached hydrogen (secondary N) is 1. The Morgan fingerprint density at radius 1 is 1.33 bits per heavy atom. The Morgan fingerprint density at radius 2 is 2.12 bits per heavy atom. The summed E-state index contributed by atoms with van der Waals surface area (Å²) in [5, 5.41) is 12.2. The Bertz CT molecular complexity index is 794. The lowest BCUT2D eigenvalue weighted by molar-refractivity contribution is 0.181. The van der Waals surface area contributed by atoms with Crippen molar-refractivity contribution in [3.8, 4) is 22.6 Å². The molecule has 1 heterocycles. The molecule has 2 N–H and O–H groups in total. The highest BCUT2D eigenvalue weighted by atomic mass is 35.5. The molecule has 0 bridgehead atoms. The van der Waals surface area contributed by atoms with Crippen molar-refractivity contribution in [1.82, 2.24) is 5.32 Å². The zero-order valence-corrected chi connectivity index (χ0v) is 14.3. The fourth-order valence-electron chi connectivity index (χ4n) is 2.74. The quantitative estimate of drug-likeness (QED) is 0.847. The molecule has 1 aliphatic heterocycles. The first-order valence-corrected chi connectivity index (χ1v) is 8.03. The van der Waals surface area contributed by atoms with E-state index in [-0.39, 0.29) is 12.6 Å². The Labute approximate surface area is 149 Å². The first-order chi connectivity index (χ1) is 11.5. The number of methoxy groups -OCH3 is 1. The van der Waals surface area contributed by atoms with Crippen LogP contribution in [0.4, 0.5) is 4.79 Å². The smallest absolute Gasteiger partial charge is 0.404 e. The summed E-state index contributed by atoms with van der Waals surface area (Å²) in [4.78, 5) is 10.7. The molecular formula is C17H15Cl2NO4. The first-order valence-electron chi connectivity index (χ1n) is 7.27. The summed E-state index contributed by atoms with van der Waals surface area (Å²) in [6, 6.07) is 8.93. The lowest BCUT2D eigenvalue weighted by Crippen LogP contribution is -2.33. The van der Waals surface area contributed by atoms with E-state index in [1.807, 2.05) is 12.1 Å². The fraction of sp³-hybridized carbons (Fsp3) is 0.235. The highest BCUT2D eigenvalue weighted by molar-refractivity contribution is 6.35. The van der Waals surface area contributed by atoms with Crippen LogP contribution >= 0.6 is 23.2 Å². The third kappa shape index (κ3) is 3.37. The average Bonchev–Trinajstić information content (AvgIpc) is 2.97. The number of fused-ring (bicyclic) bond motifs is 1. The van der Waals surface area contributed by atoms with Crippen molar-refractivity contribution in [1.29, 1.82) is 0 Å². The number of rotatable bonds is 4. The number of ether oxygens (including phenoxy) is 2. The van der Waals surface area contributed by atoms with Gasteiger partial charge in [-0.1, -0.05) is 23.2 Å². The number of halogens is 2. The van der Waals surface area contributed by atoms with Gasteiger partial charge in [0.2, 0.25) is 0 Å². The van der Waals surface area contributed by atoms with Crippen molar-refractivity contribution in [2.45, 2.75) is 12.5 Å². The van der Waals surface area contributed by atoms with Crippen molar-refractivity contribution in [2.24, 2.45) is 0 Å². The van der Waals surface area contributed by atoms with E-state index in [0.29, 0.717) is 28.0 Å². The lowest BCUT2D eigenvalue weighted by Gasteiger charge is -2.14. The molecule has 24 heavy (non-hydrogen) atoms. The summed E-state index contributed by atoms with van der Waals surface area (Å²) in [6.45, 7) is 0.203. The van der Waals surface area contributed by atoms with Gasteiger partial charge in [-0.2, -0.15) is 0 Å². The SMILES string of the molecule is COc1cc2c(c(-c3cc(Cl)ccc3Cl)c1)OC(CNC(=O)O)C2. The Morgan fingerprint density at radius 3 is 2.83 bits per heavy atom. The number of carbonyl (C=O) groups is 1. The third-order valence-electron chi connectivity index (χ3n) is 3.81. The summed E-state index contributed by atoms with van der Waals surface area (Å²) in [5.74, 6) is 1.35. The maximum absolute atomic E-state index is 10.7. The second-order valence-electron chi connectivity index (χ2n) is 5.42. The molecule has 2 aromatic rings. The van der Waals surface area contributed by atoms with Gasteiger partial charge < -0.3 is 19.9 Å². The summed E-state index contributed by atoms with van der Waals surface area (Å²) >= 11 is 12.4. The van der Waals surface area contributed by atoms with Crippen LogP contribution in [0.2, 0.25) is 10.0 Å². The minimum atomic E-state index is -1.08. The maximum atomic E-state index is 10.7. The van der Waals surface area contributed by atoms with E-state index in [4.69, 9.17) is 37.8 Å². The number of amides is 1. The molecule has 0 fully saturated rings. The van der Waals surface area contributed by atoms with Crippen molar-refractivity contribution >= 4 is 29.3 Å². The van der Waals surface area contributed by atoms with Crippen LogP contribution in [-0.2, 0) is 6.42 Å². The van der Waals surface area contributed by atoms with Crippen molar-refractivity contribution in [3.63, 3.8) is 0 Å². The van der Waals surface area contributed by atoms with Gasteiger partial charge in [0.15, 0.2) is 0 Å². The Balaban J connectivity index is 2.01. The zero-order valence-electron chi connectivity index (χ0n) is 12.8. The molecule has 2 aromatic carbocycles. The van der Waals surface area contributed by atoms with Crippen LogP contribution in [0.25, 0.3) is 11.1 Å². The average molecular weight is 368 g/mol. The molecule has 0 saturated carbocycles. The normalized spacial score (nSPS) is 15.5. The van der Waals surface area contributed by atoms with E-state index in [9.17, 15) is 4.79 Å². The maximum Gasteiger partial charge on any atom is 0.404 e. The van der Waals surface area contributed by atoms with Gasteiger partial charge in [-0.25, -0.2) is 4.79 Å². The van der Waals surface area contributed by atoms with E-state index in [1.54, 1.807) is 25.3 Å². The summed E-state index contributed by atoms with van der Waals surface area (Å²) in [7, 11) is 1.59. The second kappa shape index (κ2) is 6.79. The van der Waals surface area contributed by atoms with Gasteiger partial charge in [0.05, 0.1) is 13.7 Å². The molecule has 126 valence electrons. The zero-order chi connectivity index (χ0) is 17.3.